The number of fused-ring (bicyclic) bond motifs is 2. The van der Waals surface area contributed by atoms with E-state index >= 15 is 0 Å². The van der Waals surface area contributed by atoms with Gasteiger partial charge in [0, 0.05) is 24.0 Å². The molecule has 1 N–H and O–H groups in total. The van der Waals surface area contributed by atoms with Crippen LogP contribution >= 0.6 is 0 Å². The molecule has 2 bridgehead atoms. The van der Waals surface area contributed by atoms with Crippen LogP contribution in [-0.2, 0) is 4.79 Å². The van der Waals surface area contributed by atoms with Gasteiger partial charge in [0.05, 0.1) is 6.10 Å². The van der Waals surface area contributed by atoms with Crippen LogP contribution < -0.4 is 0 Å². The maximum Gasteiger partial charge on any atom is 0.127 e. The van der Waals surface area contributed by atoms with Crippen molar-refractivity contribution in [1.29, 1.82) is 0 Å². The van der Waals surface area contributed by atoms with E-state index in [4.69, 9.17) is 0 Å². The lowest BCUT2D eigenvalue weighted by atomic mass is 9.85. The van der Waals surface area contributed by atoms with Gasteiger partial charge in [-0.2, -0.15) is 0 Å². The van der Waals surface area contributed by atoms with Gasteiger partial charge in [0.25, 0.3) is 0 Å². The molecule has 1 saturated carbocycles. The van der Waals surface area contributed by atoms with Crippen molar-refractivity contribution >= 4 is 6.29 Å². The van der Waals surface area contributed by atoms with Crippen molar-refractivity contribution in [2.45, 2.75) is 69.6 Å². The zero-order valence-electron chi connectivity index (χ0n) is 10.5. The van der Waals surface area contributed by atoms with Gasteiger partial charge in [0.1, 0.15) is 6.29 Å². The van der Waals surface area contributed by atoms with E-state index in [-0.39, 0.29) is 11.5 Å². The minimum absolute atomic E-state index is 0.0524. The third-order valence-corrected chi connectivity index (χ3v) is 5.21. The second kappa shape index (κ2) is 4.36. The summed E-state index contributed by atoms with van der Waals surface area (Å²) in [6, 6.07) is 1.09. The van der Waals surface area contributed by atoms with Gasteiger partial charge in [-0.3, -0.25) is 4.90 Å². The number of hydrogen-bond donors (Lipinski definition) is 1. The van der Waals surface area contributed by atoms with Gasteiger partial charge in [0.2, 0.25) is 0 Å². The number of aldehydes is 1. The van der Waals surface area contributed by atoms with Gasteiger partial charge >= 0.3 is 0 Å². The topological polar surface area (TPSA) is 40.5 Å². The van der Waals surface area contributed by atoms with Gasteiger partial charge < -0.3 is 9.90 Å². The molecule has 2 aliphatic heterocycles. The van der Waals surface area contributed by atoms with E-state index in [1.807, 2.05) is 0 Å². The number of piperidine rings is 1. The monoisotopic (exact) mass is 237 g/mol. The first kappa shape index (κ1) is 11.7. The van der Waals surface area contributed by atoms with Crippen molar-refractivity contribution in [3.05, 3.63) is 0 Å². The summed E-state index contributed by atoms with van der Waals surface area (Å²) in [4.78, 5) is 14.0. The minimum atomic E-state index is -0.0977. The quantitative estimate of drug-likeness (QED) is 0.760. The maximum absolute atomic E-state index is 11.4. The predicted molar refractivity (Wildman–Crippen MR) is 65.7 cm³/mol. The van der Waals surface area contributed by atoms with Crippen LogP contribution in [0.15, 0.2) is 0 Å². The molecule has 2 unspecified atom stereocenters. The minimum Gasteiger partial charge on any atom is -0.393 e. The van der Waals surface area contributed by atoms with Crippen molar-refractivity contribution in [2.24, 2.45) is 5.41 Å². The lowest BCUT2D eigenvalue weighted by molar-refractivity contribution is -0.118. The highest BCUT2D eigenvalue weighted by molar-refractivity contribution is 5.60. The highest BCUT2D eigenvalue weighted by Gasteiger charge is 2.45. The Morgan fingerprint density at radius 3 is 2.29 bits per heavy atom. The van der Waals surface area contributed by atoms with Gasteiger partial charge in [-0.15, -0.1) is 0 Å². The van der Waals surface area contributed by atoms with E-state index in [0.29, 0.717) is 12.1 Å². The van der Waals surface area contributed by atoms with Crippen LogP contribution in [0.25, 0.3) is 0 Å². The summed E-state index contributed by atoms with van der Waals surface area (Å²) in [6.07, 6.45) is 9.99. The van der Waals surface area contributed by atoms with Crippen molar-refractivity contribution in [1.82, 2.24) is 4.90 Å². The number of hydrogen-bond acceptors (Lipinski definition) is 3. The third-order valence-electron chi connectivity index (χ3n) is 5.21. The van der Waals surface area contributed by atoms with Crippen molar-refractivity contribution in [3.8, 4) is 0 Å². The zero-order valence-corrected chi connectivity index (χ0v) is 10.5. The molecule has 0 radical (unpaired) electrons. The summed E-state index contributed by atoms with van der Waals surface area (Å²) >= 11 is 0. The van der Waals surface area contributed by atoms with Crippen LogP contribution in [0.1, 0.15) is 51.4 Å². The SMILES string of the molecule is O=CC1(CN2C3CCC2CC(O)C3)CCCC1. The molecular weight excluding hydrogens is 214 g/mol. The van der Waals surface area contributed by atoms with Crippen LogP contribution in [0.3, 0.4) is 0 Å². The van der Waals surface area contributed by atoms with Crippen LogP contribution in [0.5, 0.6) is 0 Å². The lowest BCUT2D eigenvalue weighted by Gasteiger charge is -2.41. The molecule has 3 aliphatic rings. The zero-order chi connectivity index (χ0) is 11.9. The number of aliphatic hydroxyl groups is 1. The molecular formula is C14H23NO2. The molecule has 0 aromatic heterocycles. The Hall–Kier alpha value is -0.410. The van der Waals surface area contributed by atoms with Crippen molar-refractivity contribution < 1.29 is 9.90 Å². The fraction of sp³-hybridized carbons (Fsp3) is 0.929. The average molecular weight is 237 g/mol. The number of aliphatic hydroxyl groups excluding tert-OH is 1. The van der Waals surface area contributed by atoms with Crippen molar-refractivity contribution in [2.75, 3.05) is 6.54 Å². The van der Waals surface area contributed by atoms with Gasteiger partial charge in [-0.1, -0.05) is 12.8 Å². The molecule has 0 aromatic carbocycles. The van der Waals surface area contributed by atoms with Gasteiger partial charge in [-0.05, 0) is 38.5 Å². The Kier molecular flexibility index (Phi) is 2.99. The van der Waals surface area contributed by atoms with Gasteiger partial charge in [0.15, 0.2) is 0 Å². The molecule has 0 spiro atoms. The normalized spacial score (nSPS) is 40.6. The Balaban J connectivity index is 1.71. The fourth-order valence-electron chi connectivity index (χ4n) is 4.26. The number of rotatable bonds is 3. The van der Waals surface area contributed by atoms with Gasteiger partial charge in [-0.25, -0.2) is 0 Å². The Bertz CT molecular complexity index is 285. The van der Waals surface area contributed by atoms with E-state index in [1.165, 1.54) is 32.0 Å². The molecule has 0 aromatic rings. The van der Waals surface area contributed by atoms with E-state index in [1.54, 1.807) is 0 Å². The molecule has 3 fully saturated rings. The standard InChI is InChI=1S/C14H23NO2/c16-10-14(5-1-2-6-14)9-15-11-3-4-12(15)8-13(17)7-11/h10-13,17H,1-9H2. The second-order valence-corrected chi connectivity index (χ2v) is 6.37. The third kappa shape index (κ3) is 2.04. The average Bonchev–Trinajstić information content (AvgIpc) is 2.86. The summed E-state index contributed by atoms with van der Waals surface area (Å²) in [5, 5.41) is 9.79. The van der Waals surface area contributed by atoms with Crippen LogP contribution in [-0.4, -0.2) is 41.0 Å². The first-order valence-corrected chi connectivity index (χ1v) is 7.13. The molecule has 2 atom stereocenters. The van der Waals surface area contributed by atoms with Crippen LogP contribution in [0.4, 0.5) is 0 Å². The number of nitrogens with zero attached hydrogens (tertiary/aromatic N) is 1. The summed E-state index contributed by atoms with van der Waals surface area (Å²) in [5.41, 5.74) is -0.0524. The Morgan fingerprint density at radius 1 is 1.18 bits per heavy atom. The molecule has 3 rings (SSSR count). The van der Waals surface area contributed by atoms with E-state index in [0.717, 1.165) is 32.2 Å². The second-order valence-electron chi connectivity index (χ2n) is 6.37. The summed E-state index contributed by atoms with van der Waals surface area (Å²) < 4.78 is 0. The highest BCUT2D eigenvalue weighted by Crippen LogP contribution is 2.42. The summed E-state index contributed by atoms with van der Waals surface area (Å²) in [7, 11) is 0. The number of carbonyl (C=O) groups is 1. The van der Waals surface area contributed by atoms with Crippen molar-refractivity contribution in [3.63, 3.8) is 0 Å². The Morgan fingerprint density at radius 2 is 1.76 bits per heavy atom. The van der Waals surface area contributed by atoms with Crippen LogP contribution in [0, 0.1) is 5.41 Å². The summed E-state index contributed by atoms with van der Waals surface area (Å²) in [6.45, 7) is 0.957. The van der Waals surface area contributed by atoms with E-state index < -0.39 is 0 Å². The van der Waals surface area contributed by atoms with E-state index in [2.05, 4.69) is 4.90 Å². The molecule has 0 amide bonds. The van der Waals surface area contributed by atoms with Crippen LogP contribution in [0.2, 0.25) is 0 Å². The smallest absolute Gasteiger partial charge is 0.127 e. The molecule has 2 saturated heterocycles. The first-order chi connectivity index (χ1) is 8.22. The first-order valence-electron chi connectivity index (χ1n) is 7.13. The molecule has 17 heavy (non-hydrogen) atoms. The molecule has 3 nitrogen and oxygen atoms in total. The molecule has 3 heteroatoms. The molecule has 2 heterocycles. The Labute approximate surface area is 103 Å². The lowest BCUT2D eigenvalue weighted by Crippen LogP contribution is -2.49. The fourth-order valence-corrected chi connectivity index (χ4v) is 4.26. The summed E-state index contributed by atoms with van der Waals surface area (Å²) in [5.74, 6) is 0. The largest absolute Gasteiger partial charge is 0.393 e. The molecule has 1 aliphatic carbocycles. The highest BCUT2D eigenvalue weighted by atomic mass is 16.3. The van der Waals surface area contributed by atoms with E-state index in [9.17, 15) is 9.90 Å². The number of carbonyl (C=O) groups excluding carboxylic acids is 1. The maximum atomic E-state index is 11.4. The molecule has 96 valence electrons. The predicted octanol–water partition coefficient (Wildman–Crippen LogP) is 1.73.